The number of carboxylic acid groups (broad SMARTS) is 1. The molecule has 0 saturated heterocycles. The van der Waals surface area contributed by atoms with Crippen molar-refractivity contribution in [2.24, 2.45) is 22.7 Å². The Hall–Kier alpha value is -0.723. The molecule has 1 N–H and O–H groups in total. The first-order chi connectivity index (χ1) is 12.6. The van der Waals surface area contributed by atoms with E-state index < -0.39 is 30.7 Å². The van der Waals surface area contributed by atoms with Gasteiger partial charge in [0, 0.05) is 18.9 Å². The van der Waals surface area contributed by atoms with Gasteiger partial charge in [-0.25, -0.2) is 0 Å². The van der Waals surface area contributed by atoms with Crippen LogP contribution in [0, 0.1) is 22.7 Å². The number of ketones is 1. The summed E-state index contributed by atoms with van der Waals surface area (Å²) in [6.45, 7) is 17.4. The molecular weight excluding hydrogens is 372 g/mol. The lowest BCUT2D eigenvalue weighted by Gasteiger charge is -2.61. The zero-order valence-electron chi connectivity index (χ0n) is 19.3. The van der Waals surface area contributed by atoms with Gasteiger partial charge >= 0.3 is 5.97 Å². The van der Waals surface area contributed by atoms with Gasteiger partial charge in [0.25, 0.3) is 0 Å². The number of hydrogen-bond acceptors (Lipinski definition) is 4. The molecule has 0 aromatic rings. The van der Waals surface area contributed by atoms with E-state index >= 15 is 0 Å². The minimum absolute atomic E-state index is 0.0250. The summed E-state index contributed by atoms with van der Waals surface area (Å²) in [6, 6.07) is 0. The Balaban J connectivity index is 2.61. The molecule has 2 unspecified atom stereocenters. The molecule has 0 bridgehead atoms. The van der Waals surface area contributed by atoms with E-state index in [1.54, 1.807) is 7.11 Å². The van der Waals surface area contributed by atoms with Crippen molar-refractivity contribution >= 4 is 20.1 Å². The molecule has 0 aliphatic heterocycles. The number of carboxylic acids is 1. The Labute approximate surface area is 171 Å². The van der Waals surface area contributed by atoms with Crippen LogP contribution in [0.4, 0.5) is 0 Å². The van der Waals surface area contributed by atoms with E-state index in [0.717, 1.165) is 12.8 Å². The molecule has 0 heterocycles. The van der Waals surface area contributed by atoms with E-state index in [9.17, 15) is 14.7 Å². The van der Waals surface area contributed by atoms with Gasteiger partial charge in [-0.05, 0) is 55.1 Å². The number of carbonyl (C=O) groups is 2. The summed E-state index contributed by atoms with van der Waals surface area (Å²) in [5.74, 6) is -0.493. The van der Waals surface area contributed by atoms with Crippen molar-refractivity contribution in [1.82, 2.24) is 0 Å². The van der Waals surface area contributed by atoms with Crippen molar-refractivity contribution in [2.45, 2.75) is 91.0 Å². The molecule has 0 aromatic heterocycles. The monoisotopic (exact) mass is 412 g/mol. The van der Waals surface area contributed by atoms with Crippen LogP contribution < -0.4 is 0 Å². The number of fused-ring (bicyclic) bond motifs is 1. The summed E-state index contributed by atoms with van der Waals surface area (Å²) in [5, 5.41) is 9.64. The largest absolute Gasteiger partial charge is 0.481 e. The van der Waals surface area contributed by atoms with Gasteiger partial charge in [-0.15, -0.1) is 0 Å². The van der Waals surface area contributed by atoms with Crippen LogP contribution in [0.15, 0.2) is 0 Å². The molecule has 0 aromatic carbocycles. The van der Waals surface area contributed by atoms with Crippen LogP contribution in [0.2, 0.25) is 18.1 Å². The number of methoxy groups -OCH3 is 1. The van der Waals surface area contributed by atoms with Crippen LogP contribution in [0.5, 0.6) is 0 Å². The van der Waals surface area contributed by atoms with Gasteiger partial charge in [0.2, 0.25) is 0 Å². The van der Waals surface area contributed by atoms with Crippen molar-refractivity contribution in [3.63, 3.8) is 0 Å². The fraction of sp³-hybridized carbons (Fsp3) is 0.909. The molecule has 2 aliphatic rings. The van der Waals surface area contributed by atoms with Crippen molar-refractivity contribution < 1.29 is 23.9 Å². The van der Waals surface area contributed by atoms with Crippen molar-refractivity contribution in [2.75, 3.05) is 13.7 Å². The maximum atomic E-state index is 13.7. The lowest BCUT2D eigenvalue weighted by molar-refractivity contribution is -0.192. The van der Waals surface area contributed by atoms with E-state index in [0.29, 0.717) is 6.61 Å². The van der Waals surface area contributed by atoms with E-state index in [4.69, 9.17) is 9.16 Å². The van der Waals surface area contributed by atoms with Crippen molar-refractivity contribution in [3.05, 3.63) is 0 Å². The molecule has 0 spiro atoms. The SMILES string of the molecule is COC[C@@]1(C)C2CC[C@@H](C)[C@]2(CC(=O)O)CC(=O)C1(C)O[Si](C)(C)C(C)(C)C. The molecule has 2 saturated carbocycles. The van der Waals surface area contributed by atoms with Crippen LogP contribution in [-0.4, -0.2) is 44.5 Å². The molecule has 0 amide bonds. The predicted molar refractivity (Wildman–Crippen MR) is 113 cm³/mol. The van der Waals surface area contributed by atoms with Crippen LogP contribution in [0.3, 0.4) is 0 Å². The molecule has 2 aliphatic carbocycles. The maximum Gasteiger partial charge on any atom is 0.303 e. The van der Waals surface area contributed by atoms with Crippen LogP contribution in [-0.2, 0) is 18.8 Å². The first-order valence-electron chi connectivity index (χ1n) is 10.5. The normalized spacial score (nSPS) is 39.1. The molecule has 2 rings (SSSR count). The highest BCUT2D eigenvalue weighted by Crippen LogP contribution is 2.66. The van der Waals surface area contributed by atoms with Gasteiger partial charge in [-0.1, -0.05) is 34.6 Å². The van der Waals surface area contributed by atoms with E-state index in [2.05, 4.69) is 47.7 Å². The highest BCUT2D eigenvalue weighted by Gasteiger charge is 2.69. The summed E-state index contributed by atoms with van der Waals surface area (Å²) in [7, 11) is -0.573. The highest BCUT2D eigenvalue weighted by molar-refractivity contribution is 6.74. The fourth-order valence-corrected chi connectivity index (χ4v) is 7.39. The summed E-state index contributed by atoms with van der Waals surface area (Å²) < 4.78 is 12.5. The van der Waals surface area contributed by atoms with Crippen LogP contribution in [0.1, 0.15) is 67.2 Å². The smallest absolute Gasteiger partial charge is 0.303 e. The Kier molecular flexibility index (Phi) is 6.06. The van der Waals surface area contributed by atoms with Gasteiger partial charge in [0.15, 0.2) is 14.1 Å². The average Bonchev–Trinajstić information content (AvgIpc) is 2.81. The quantitative estimate of drug-likeness (QED) is 0.628. The highest BCUT2D eigenvalue weighted by atomic mass is 28.4. The second kappa shape index (κ2) is 7.20. The Bertz CT molecular complexity index is 639. The van der Waals surface area contributed by atoms with E-state index in [-0.39, 0.29) is 35.5 Å². The average molecular weight is 413 g/mol. The Morgan fingerprint density at radius 2 is 1.82 bits per heavy atom. The summed E-state index contributed by atoms with van der Waals surface area (Å²) in [4.78, 5) is 25.5. The number of rotatable bonds is 6. The topological polar surface area (TPSA) is 72.8 Å². The first kappa shape index (κ1) is 23.6. The van der Waals surface area contributed by atoms with Crippen LogP contribution in [0.25, 0.3) is 0 Å². The number of aliphatic carboxylic acids is 1. The molecule has 28 heavy (non-hydrogen) atoms. The second-order valence-corrected chi connectivity index (χ2v) is 15.9. The summed E-state index contributed by atoms with van der Waals surface area (Å²) >= 11 is 0. The standard InChI is InChI=1S/C22H40O5Si/c1-15-10-11-16-20(5,14-26-7)21(6,27-28(8,9)19(2,3)4)17(23)12-22(15,16)13-18(24)25/h15-16H,10-14H2,1-9H3,(H,24,25)/t15-,16?,20+,21?,22-/m1/s1. The molecular formula is C22H40O5Si. The first-order valence-corrected chi connectivity index (χ1v) is 13.4. The van der Waals surface area contributed by atoms with Crippen molar-refractivity contribution in [1.29, 1.82) is 0 Å². The number of hydrogen-bond donors (Lipinski definition) is 1. The third-order valence-corrected chi connectivity index (χ3v) is 13.2. The molecule has 6 heteroatoms. The Morgan fingerprint density at radius 1 is 1.25 bits per heavy atom. The molecule has 5 nitrogen and oxygen atoms in total. The summed E-state index contributed by atoms with van der Waals surface area (Å²) in [6.07, 6.45) is 2.19. The zero-order valence-corrected chi connectivity index (χ0v) is 20.3. The molecule has 2 fully saturated rings. The maximum absolute atomic E-state index is 13.7. The fourth-order valence-electron chi connectivity index (χ4n) is 5.72. The summed E-state index contributed by atoms with van der Waals surface area (Å²) in [5.41, 5.74) is -2.04. The lowest BCUT2D eigenvalue weighted by Crippen LogP contribution is -2.69. The third kappa shape index (κ3) is 3.39. The molecule has 0 radical (unpaired) electrons. The lowest BCUT2D eigenvalue weighted by atomic mass is 9.48. The van der Waals surface area contributed by atoms with E-state index in [1.807, 2.05) is 6.92 Å². The van der Waals surface area contributed by atoms with Crippen molar-refractivity contribution in [3.8, 4) is 0 Å². The minimum atomic E-state index is -2.23. The molecule has 162 valence electrons. The van der Waals surface area contributed by atoms with Gasteiger partial charge in [-0.3, -0.25) is 9.59 Å². The van der Waals surface area contributed by atoms with Crippen LogP contribution >= 0.6 is 0 Å². The third-order valence-electron chi connectivity index (χ3n) is 8.63. The molecule has 5 atom stereocenters. The van der Waals surface area contributed by atoms with Gasteiger partial charge in [0.1, 0.15) is 5.60 Å². The Morgan fingerprint density at radius 3 is 2.29 bits per heavy atom. The van der Waals surface area contributed by atoms with Gasteiger partial charge in [0.05, 0.1) is 13.0 Å². The van der Waals surface area contributed by atoms with Gasteiger partial charge in [-0.2, -0.15) is 0 Å². The van der Waals surface area contributed by atoms with E-state index in [1.165, 1.54) is 0 Å². The number of carbonyl (C=O) groups excluding carboxylic acids is 1. The minimum Gasteiger partial charge on any atom is -0.481 e. The predicted octanol–water partition coefficient (Wildman–Crippen LogP) is 4.90. The number of Topliss-reactive ketones (excluding diaryl/α,β-unsaturated/α-hetero) is 1. The zero-order chi connectivity index (χ0) is 21.8. The second-order valence-electron chi connectivity index (χ2n) is 11.2. The van der Waals surface area contributed by atoms with Gasteiger partial charge < -0.3 is 14.3 Å². The number of ether oxygens (including phenoxy) is 1.